The summed E-state index contributed by atoms with van der Waals surface area (Å²) in [7, 11) is 0. The van der Waals surface area contributed by atoms with Crippen LogP contribution in [0, 0.1) is 5.92 Å². The Labute approximate surface area is 124 Å². The molecule has 2 heterocycles. The number of aliphatic carboxylic acids is 1. The summed E-state index contributed by atoms with van der Waals surface area (Å²) >= 11 is 0. The van der Waals surface area contributed by atoms with E-state index in [2.05, 4.69) is 5.32 Å². The van der Waals surface area contributed by atoms with E-state index in [0.29, 0.717) is 32.1 Å². The molecule has 0 aromatic heterocycles. The molecule has 2 atom stereocenters. The number of urea groups is 1. The molecular weight excluding hydrogens is 274 g/mol. The first-order valence-corrected chi connectivity index (χ1v) is 7.74. The minimum Gasteiger partial charge on any atom is -0.480 e. The zero-order valence-corrected chi connectivity index (χ0v) is 12.2. The minimum absolute atomic E-state index is 0.0360. The molecule has 3 fully saturated rings. The highest BCUT2D eigenvalue weighted by atomic mass is 16.5. The molecule has 2 aliphatic heterocycles. The molecule has 2 N–H and O–H groups in total. The van der Waals surface area contributed by atoms with Crippen LogP contribution in [0.2, 0.25) is 0 Å². The molecule has 0 spiro atoms. The molecule has 21 heavy (non-hydrogen) atoms. The topological polar surface area (TPSA) is 82.1 Å². The molecule has 3 aliphatic rings. The Morgan fingerprint density at radius 2 is 1.86 bits per heavy atom. The summed E-state index contributed by atoms with van der Waals surface area (Å²) in [6.45, 7) is 3.19. The van der Waals surface area contributed by atoms with Crippen LogP contribution in [0.25, 0.3) is 0 Å². The second-order valence-corrected chi connectivity index (χ2v) is 6.17. The van der Waals surface area contributed by atoms with Crippen molar-refractivity contribution in [1.29, 1.82) is 0 Å². The van der Waals surface area contributed by atoms with Crippen molar-refractivity contribution in [2.75, 3.05) is 39.3 Å². The van der Waals surface area contributed by atoms with Gasteiger partial charge in [-0.15, -0.1) is 0 Å². The van der Waals surface area contributed by atoms with Gasteiger partial charge >= 0.3 is 12.0 Å². The van der Waals surface area contributed by atoms with Crippen molar-refractivity contribution in [2.45, 2.75) is 31.4 Å². The summed E-state index contributed by atoms with van der Waals surface area (Å²) in [4.78, 5) is 26.6. The van der Waals surface area contributed by atoms with Gasteiger partial charge in [-0.2, -0.15) is 0 Å². The lowest BCUT2D eigenvalue weighted by Crippen LogP contribution is -2.55. The first-order valence-electron chi connectivity index (χ1n) is 7.74. The van der Waals surface area contributed by atoms with Crippen molar-refractivity contribution in [2.24, 2.45) is 5.92 Å². The maximum absolute atomic E-state index is 12.3. The smallest absolute Gasteiger partial charge is 0.317 e. The average molecular weight is 297 g/mol. The number of carbonyl (C=O) groups is 2. The van der Waals surface area contributed by atoms with E-state index in [0.717, 1.165) is 13.0 Å². The molecule has 0 aromatic rings. The van der Waals surface area contributed by atoms with Crippen molar-refractivity contribution in [1.82, 2.24) is 15.1 Å². The van der Waals surface area contributed by atoms with E-state index in [1.165, 1.54) is 12.8 Å². The monoisotopic (exact) mass is 297 g/mol. The Morgan fingerprint density at radius 3 is 2.48 bits per heavy atom. The normalized spacial score (nSPS) is 30.4. The molecule has 2 amide bonds. The second kappa shape index (κ2) is 6.19. The van der Waals surface area contributed by atoms with Crippen molar-refractivity contribution >= 4 is 12.0 Å². The summed E-state index contributed by atoms with van der Waals surface area (Å²) in [5, 5.41) is 11.9. The van der Waals surface area contributed by atoms with Crippen LogP contribution in [0.4, 0.5) is 4.79 Å². The van der Waals surface area contributed by atoms with Crippen LogP contribution in [-0.4, -0.2) is 78.4 Å². The number of piperazine rings is 1. The molecule has 0 bridgehead atoms. The fraction of sp³-hybridized carbons (Fsp3) is 0.857. The summed E-state index contributed by atoms with van der Waals surface area (Å²) in [6, 6.07) is 0.105. The summed E-state index contributed by atoms with van der Waals surface area (Å²) < 4.78 is 5.73. The number of hydrogen-bond donors (Lipinski definition) is 2. The maximum atomic E-state index is 12.3. The van der Waals surface area contributed by atoms with Gasteiger partial charge in [0.05, 0.1) is 18.7 Å². The van der Waals surface area contributed by atoms with Crippen molar-refractivity contribution < 1.29 is 19.4 Å². The van der Waals surface area contributed by atoms with Crippen LogP contribution in [-0.2, 0) is 9.53 Å². The predicted octanol–water partition coefficient (Wildman–Crippen LogP) is -0.0343. The summed E-state index contributed by atoms with van der Waals surface area (Å²) in [5.41, 5.74) is 0. The van der Waals surface area contributed by atoms with Gasteiger partial charge in [0.2, 0.25) is 0 Å². The zero-order valence-electron chi connectivity index (χ0n) is 12.2. The molecule has 2 unspecified atom stereocenters. The Hall–Kier alpha value is -1.34. The molecule has 118 valence electrons. The Morgan fingerprint density at radius 1 is 1.14 bits per heavy atom. The van der Waals surface area contributed by atoms with Gasteiger partial charge in [0, 0.05) is 32.8 Å². The summed E-state index contributed by atoms with van der Waals surface area (Å²) in [6.07, 6.45) is 3.52. The van der Waals surface area contributed by atoms with Crippen LogP contribution in [0.5, 0.6) is 0 Å². The van der Waals surface area contributed by atoms with E-state index >= 15 is 0 Å². The highest BCUT2D eigenvalue weighted by Crippen LogP contribution is 2.38. The molecule has 7 heteroatoms. The number of nitrogens with zero attached hydrogens (tertiary/aromatic N) is 2. The van der Waals surface area contributed by atoms with Gasteiger partial charge in [-0.1, -0.05) is 0 Å². The number of ether oxygens (including phenoxy) is 1. The Kier molecular flexibility index (Phi) is 4.30. The van der Waals surface area contributed by atoms with E-state index in [9.17, 15) is 9.59 Å². The number of hydrogen-bond acceptors (Lipinski definition) is 4. The summed E-state index contributed by atoms with van der Waals surface area (Å²) in [5.74, 6) is -0.187. The van der Waals surface area contributed by atoms with Gasteiger partial charge < -0.3 is 20.1 Å². The maximum Gasteiger partial charge on any atom is 0.317 e. The van der Waals surface area contributed by atoms with Gasteiger partial charge in [-0.3, -0.25) is 9.69 Å². The standard InChI is InChI=1S/C14H23N3O4/c18-12(19)9-16-4-6-17(7-5-16)14(20)15-11-3-8-21-13(11)10-1-2-10/h10-11,13H,1-9H2,(H,15,20)(H,18,19). The molecule has 1 saturated carbocycles. The molecule has 1 aliphatic carbocycles. The largest absolute Gasteiger partial charge is 0.480 e. The second-order valence-electron chi connectivity index (χ2n) is 6.17. The Balaban J connectivity index is 1.44. The number of carbonyl (C=O) groups excluding carboxylic acids is 1. The van der Waals surface area contributed by atoms with E-state index in [1.807, 2.05) is 4.90 Å². The van der Waals surface area contributed by atoms with E-state index < -0.39 is 5.97 Å². The fourth-order valence-corrected chi connectivity index (χ4v) is 3.21. The van der Waals surface area contributed by atoms with E-state index in [4.69, 9.17) is 9.84 Å². The molecule has 2 saturated heterocycles. The number of rotatable bonds is 4. The van der Waals surface area contributed by atoms with E-state index in [1.54, 1.807) is 4.90 Å². The van der Waals surface area contributed by atoms with E-state index in [-0.39, 0.29) is 24.7 Å². The van der Waals surface area contributed by atoms with Gasteiger partial charge in [0.15, 0.2) is 0 Å². The molecule has 7 nitrogen and oxygen atoms in total. The third kappa shape index (κ3) is 3.65. The average Bonchev–Trinajstić information content (AvgIpc) is 3.19. The lowest BCUT2D eigenvalue weighted by atomic mass is 10.1. The van der Waals surface area contributed by atoms with Gasteiger partial charge in [-0.25, -0.2) is 4.79 Å². The Bertz CT molecular complexity index is 405. The number of carboxylic acids is 1. The van der Waals surface area contributed by atoms with Crippen molar-refractivity contribution in [3.8, 4) is 0 Å². The number of nitrogens with one attached hydrogen (secondary N) is 1. The van der Waals surface area contributed by atoms with Crippen molar-refractivity contribution in [3.63, 3.8) is 0 Å². The zero-order chi connectivity index (χ0) is 14.8. The van der Waals surface area contributed by atoms with Crippen LogP contribution in [0.1, 0.15) is 19.3 Å². The number of amides is 2. The van der Waals surface area contributed by atoms with Gasteiger partial charge in [0.25, 0.3) is 0 Å². The highest BCUT2D eigenvalue weighted by molar-refractivity contribution is 5.75. The van der Waals surface area contributed by atoms with Crippen LogP contribution in [0.15, 0.2) is 0 Å². The van der Waals surface area contributed by atoms with Gasteiger partial charge in [0.1, 0.15) is 0 Å². The van der Waals surface area contributed by atoms with Crippen LogP contribution >= 0.6 is 0 Å². The minimum atomic E-state index is -0.816. The van der Waals surface area contributed by atoms with Gasteiger partial charge in [-0.05, 0) is 25.2 Å². The fourth-order valence-electron chi connectivity index (χ4n) is 3.21. The van der Waals surface area contributed by atoms with Crippen LogP contribution < -0.4 is 5.32 Å². The molecule has 0 radical (unpaired) electrons. The lowest BCUT2D eigenvalue weighted by Gasteiger charge is -2.34. The lowest BCUT2D eigenvalue weighted by molar-refractivity contribution is -0.138. The third-order valence-electron chi connectivity index (χ3n) is 4.55. The molecule has 3 rings (SSSR count). The highest BCUT2D eigenvalue weighted by Gasteiger charge is 2.41. The molecular formula is C14H23N3O4. The quantitative estimate of drug-likeness (QED) is 0.761. The van der Waals surface area contributed by atoms with Crippen LogP contribution in [0.3, 0.4) is 0 Å². The third-order valence-corrected chi connectivity index (χ3v) is 4.55. The number of carboxylic acid groups (broad SMARTS) is 1. The predicted molar refractivity (Wildman–Crippen MR) is 75.0 cm³/mol. The molecule has 0 aromatic carbocycles. The van der Waals surface area contributed by atoms with Crippen molar-refractivity contribution in [3.05, 3.63) is 0 Å². The first-order chi connectivity index (χ1) is 10.1. The first kappa shape index (κ1) is 14.6. The SMILES string of the molecule is O=C(O)CN1CCN(C(=O)NC2CCOC2C2CC2)CC1.